The molecule has 0 aliphatic rings. The molecule has 0 radical (unpaired) electrons. The van der Waals surface area contributed by atoms with E-state index in [1.54, 1.807) is 19.6 Å². The Morgan fingerprint density at radius 3 is 2.95 bits per heavy atom. The second-order valence-electron chi connectivity index (χ2n) is 4.43. The van der Waals surface area contributed by atoms with Crippen molar-refractivity contribution in [1.82, 2.24) is 24.9 Å². The van der Waals surface area contributed by atoms with Crippen molar-refractivity contribution >= 4 is 22.1 Å². The SMILES string of the molecule is COc1ccc2nc(-c3nccc4[nH]cnc34)[nH]c2c1. The van der Waals surface area contributed by atoms with Gasteiger partial charge in [-0.15, -0.1) is 0 Å². The van der Waals surface area contributed by atoms with E-state index < -0.39 is 0 Å². The molecule has 6 heteroatoms. The number of hydrogen-bond donors (Lipinski definition) is 2. The van der Waals surface area contributed by atoms with Crippen LogP contribution in [-0.2, 0) is 0 Å². The van der Waals surface area contributed by atoms with Crippen LogP contribution in [0.15, 0.2) is 36.8 Å². The number of methoxy groups -OCH3 is 1. The summed E-state index contributed by atoms with van der Waals surface area (Å²) in [4.78, 5) is 19.6. The van der Waals surface area contributed by atoms with Gasteiger partial charge in [-0.05, 0) is 18.2 Å². The summed E-state index contributed by atoms with van der Waals surface area (Å²) in [6, 6.07) is 7.60. The molecule has 20 heavy (non-hydrogen) atoms. The summed E-state index contributed by atoms with van der Waals surface area (Å²) in [5.41, 5.74) is 4.26. The van der Waals surface area contributed by atoms with Crippen LogP contribution < -0.4 is 4.74 Å². The second kappa shape index (κ2) is 4.06. The molecule has 0 bridgehead atoms. The summed E-state index contributed by atoms with van der Waals surface area (Å²) in [5.74, 6) is 1.49. The Balaban J connectivity index is 1.95. The maximum atomic E-state index is 5.21. The van der Waals surface area contributed by atoms with Gasteiger partial charge in [-0.1, -0.05) is 0 Å². The highest BCUT2D eigenvalue weighted by Crippen LogP contribution is 2.25. The molecule has 98 valence electrons. The minimum absolute atomic E-state index is 0.700. The maximum Gasteiger partial charge on any atom is 0.159 e. The van der Waals surface area contributed by atoms with Crippen molar-refractivity contribution in [1.29, 1.82) is 0 Å². The van der Waals surface area contributed by atoms with E-state index in [0.29, 0.717) is 5.82 Å². The van der Waals surface area contributed by atoms with Crippen molar-refractivity contribution in [3.8, 4) is 17.3 Å². The van der Waals surface area contributed by atoms with E-state index in [0.717, 1.165) is 33.5 Å². The van der Waals surface area contributed by atoms with E-state index in [1.807, 2.05) is 24.3 Å². The molecule has 2 N–H and O–H groups in total. The molecule has 0 saturated carbocycles. The van der Waals surface area contributed by atoms with Gasteiger partial charge < -0.3 is 14.7 Å². The van der Waals surface area contributed by atoms with Gasteiger partial charge in [-0.25, -0.2) is 9.97 Å². The van der Waals surface area contributed by atoms with Crippen molar-refractivity contribution in [2.75, 3.05) is 7.11 Å². The Labute approximate surface area is 113 Å². The van der Waals surface area contributed by atoms with Gasteiger partial charge in [-0.2, -0.15) is 0 Å². The lowest BCUT2D eigenvalue weighted by Gasteiger charge is -1.97. The smallest absolute Gasteiger partial charge is 0.159 e. The molecule has 0 saturated heterocycles. The van der Waals surface area contributed by atoms with Gasteiger partial charge in [0.2, 0.25) is 0 Å². The number of aromatic nitrogens is 5. The molecule has 0 amide bonds. The summed E-state index contributed by atoms with van der Waals surface area (Å²) >= 11 is 0. The standard InChI is InChI=1S/C14H11N5O/c1-20-8-2-3-9-11(6-8)19-14(18-9)13-12-10(4-5-15-13)16-7-17-12/h2-7H,1H3,(H,16,17)(H,18,19). The summed E-state index contributed by atoms with van der Waals surface area (Å²) < 4.78 is 5.21. The first kappa shape index (κ1) is 11.0. The van der Waals surface area contributed by atoms with Gasteiger partial charge >= 0.3 is 0 Å². The van der Waals surface area contributed by atoms with Gasteiger partial charge in [0.05, 0.1) is 30.0 Å². The third kappa shape index (κ3) is 1.55. The molecule has 6 nitrogen and oxygen atoms in total. The number of aromatic amines is 2. The van der Waals surface area contributed by atoms with Crippen LogP contribution in [0.1, 0.15) is 0 Å². The fourth-order valence-electron chi connectivity index (χ4n) is 2.27. The molecule has 4 rings (SSSR count). The van der Waals surface area contributed by atoms with E-state index in [2.05, 4.69) is 24.9 Å². The molecule has 4 aromatic rings. The molecule has 0 atom stereocenters. The van der Waals surface area contributed by atoms with Crippen LogP contribution in [0.4, 0.5) is 0 Å². The van der Waals surface area contributed by atoms with Crippen LogP contribution in [-0.4, -0.2) is 32.0 Å². The minimum atomic E-state index is 0.700. The fraction of sp³-hybridized carbons (Fsp3) is 0.0714. The number of ether oxygens (including phenoxy) is 1. The number of pyridine rings is 1. The average Bonchev–Trinajstić information content (AvgIpc) is 3.12. The predicted octanol–water partition coefficient (Wildman–Crippen LogP) is 2.51. The number of benzene rings is 1. The van der Waals surface area contributed by atoms with Crippen LogP contribution in [0.3, 0.4) is 0 Å². The summed E-state index contributed by atoms with van der Waals surface area (Å²) in [6.07, 6.45) is 3.39. The van der Waals surface area contributed by atoms with Crippen molar-refractivity contribution in [3.63, 3.8) is 0 Å². The normalized spacial score (nSPS) is 11.2. The maximum absolute atomic E-state index is 5.21. The molecule has 0 unspecified atom stereocenters. The van der Waals surface area contributed by atoms with E-state index >= 15 is 0 Å². The van der Waals surface area contributed by atoms with E-state index in [-0.39, 0.29) is 0 Å². The lowest BCUT2D eigenvalue weighted by atomic mass is 10.3. The first-order chi connectivity index (χ1) is 9.85. The Hall–Kier alpha value is -2.89. The Bertz CT molecular complexity index is 908. The Morgan fingerprint density at radius 2 is 2.05 bits per heavy atom. The number of H-pyrrole nitrogens is 2. The zero-order chi connectivity index (χ0) is 13.5. The van der Waals surface area contributed by atoms with E-state index in [9.17, 15) is 0 Å². The highest BCUT2D eigenvalue weighted by Gasteiger charge is 2.12. The molecular formula is C14H11N5O. The number of nitrogens with one attached hydrogen (secondary N) is 2. The third-order valence-electron chi connectivity index (χ3n) is 3.25. The van der Waals surface area contributed by atoms with Crippen molar-refractivity contribution in [2.24, 2.45) is 0 Å². The molecule has 3 heterocycles. The molecule has 0 aliphatic heterocycles. The highest BCUT2D eigenvalue weighted by atomic mass is 16.5. The number of rotatable bonds is 2. The average molecular weight is 265 g/mol. The van der Waals surface area contributed by atoms with E-state index in [4.69, 9.17) is 4.74 Å². The zero-order valence-corrected chi connectivity index (χ0v) is 10.7. The summed E-state index contributed by atoms with van der Waals surface area (Å²) in [6.45, 7) is 0. The lowest BCUT2D eigenvalue weighted by Crippen LogP contribution is -1.87. The molecule has 0 aliphatic carbocycles. The summed E-state index contributed by atoms with van der Waals surface area (Å²) in [5, 5.41) is 0. The molecule has 0 spiro atoms. The molecule has 3 aromatic heterocycles. The minimum Gasteiger partial charge on any atom is -0.497 e. The molecular weight excluding hydrogens is 254 g/mol. The van der Waals surface area contributed by atoms with Crippen LogP contribution >= 0.6 is 0 Å². The highest BCUT2D eigenvalue weighted by molar-refractivity contribution is 5.89. The molecule has 0 fully saturated rings. The topological polar surface area (TPSA) is 79.5 Å². The fourth-order valence-corrected chi connectivity index (χ4v) is 2.27. The largest absolute Gasteiger partial charge is 0.497 e. The quantitative estimate of drug-likeness (QED) is 0.583. The molecule has 1 aromatic carbocycles. The van der Waals surface area contributed by atoms with Gasteiger partial charge in [-0.3, -0.25) is 4.98 Å². The van der Waals surface area contributed by atoms with Crippen molar-refractivity contribution in [2.45, 2.75) is 0 Å². The van der Waals surface area contributed by atoms with Gasteiger partial charge in [0, 0.05) is 12.3 Å². The number of imidazole rings is 2. The number of nitrogens with zero attached hydrogens (tertiary/aromatic N) is 3. The van der Waals surface area contributed by atoms with Crippen LogP contribution in [0.2, 0.25) is 0 Å². The van der Waals surface area contributed by atoms with Crippen molar-refractivity contribution in [3.05, 3.63) is 36.8 Å². The van der Waals surface area contributed by atoms with Crippen LogP contribution in [0, 0.1) is 0 Å². The van der Waals surface area contributed by atoms with Gasteiger partial charge in [0.1, 0.15) is 17.0 Å². The predicted molar refractivity (Wildman–Crippen MR) is 75.5 cm³/mol. The zero-order valence-electron chi connectivity index (χ0n) is 10.7. The number of hydrogen-bond acceptors (Lipinski definition) is 4. The monoisotopic (exact) mass is 265 g/mol. The lowest BCUT2D eigenvalue weighted by molar-refractivity contribution is 0.415. The van der Waals surface area contributed by atoms with Gasteiger partial charge in [0.25, 0.3) is 0 Å². The Morgan fingerprint density at radius 1 is 1.10 bits per heavy atom. The number of fused-ring (bicyclic) bond motifs is 2. The Kier molecular flexibility index (Phi) is 2.23. The first-order valence-electron chi connectivity index (χ1n) is 6.17. The van der Waals surface area contributed by atoms with E-state index in [1.165, 1.54) is 0 Å². The third-order valence-corrected chi connectivity index (χ3v) is 3.25. The first-order valence-corrected chi connectivity index (χ1v) is 6.17. The van der Waals surface area contributed by atoms with Crippen LogP contribution in [0.5, 0.6) is 5.75 Å². The van der Waals surface area contributed by atoms with Crippen LogP contribution in [0.25, 0.3) is 33.6 Å². The van der Waals surface area contributed by atoms with Crippen molar-refractivity contribution < 1.29 is 4.74 Å². The summed E-state index contributed by atoms with van der Waals surface area (Å²) in [7, 11) is 1.64. The van der Waals surface area contributed by atoms with Gasteiger partial charge in [0.15, 0.2) is 5.82 Å². The second-order valence-corrected chi connectivity index (χ2v) is 4.43.